The highest BCUT2D eigenvalue weighted by molar-refractivity contribution is 6.20. The highest BCUT2D eigenvalue weighted by Gasteiger charge is 2.18. The number of nitrogens with zero attached hydrogens (tertiary/aromatic N) is 3. The van der Waals surface area contributed by atoms with Gasteiger partial charge < -0.3 is 10.6 Å². The van der Waals surface area contributed by atoms with Crippen LogP contribution in [-0.4, -0.2) is 17.9 Å². The van der Waals surface area contributed by atoms with E-state index < -0.39 is 0 Å². The van der Waals surface area contributed by atoms with Crippen LogP contribution in [0.15, 0.2) is 59.9 Å². The van der Waals surface area contributed by atoms with Gasteiger partial charge in [0.1, 0.15) is 5.84 Å². The van der Waals surface area contributed by atoms with E-state index in [4.69, 9.17) is 5.73 Å². The van der Waals surface area contributed by atoms with Crippen LogP contribution in [0.5, 0.6) is 0 Å². The molecule has 0 atom stereocenters. The van der Waals surface area contributed by atoms with Gasteiger partial charge in [-0.3, -0.25) is 4.98 Å². The van der Waals surface area contributed by atoms with Gasteiger partial charge in [0, 0.05) is 48.0 Å². The van der Waals surface area contributed by atoms with Crippen LogP contribution in [0.2, 0.25) is 0 Å². The highest BCUT2D eigenvalue weighted by atomic mass is 15.1. The molecule has 0 unspecified atom stereocenters. The zero-order valence-corrected chi connectivity index (χ0v) is 12.3. The molecule has 0 amide bonds. The molecule has 0 radical (unpaired) electrons. The summed E-state index contributed by atoms with van der Waals surface area (Å²) in [5.41, 5.74) is 10.4. The second kappa shape index (κ2) is 4.84. The van der Waals surface area contributed by atoms with Crippen LogP contribution in [0.1, 0.15) is 11.1 Å². The lowest BCUT2D eigenvalue weighted by Crippen LogP contribution is -2.16. The van der Waals surface area contributed by atoms with Gasteiger partial charge in [0.2, 0.25) is 0 Å². The van der Waals surface area contributed by atoms with Crippen LogP contribution in [0.25, 0.3) is 10.8 Å². The average molecular weight is 288 g/mol. The van der Waals surface area contributed by atoms with Crippen molar-refractivity contribution >= 4 is 28.0 Å². The fraction of sp³-hybridized carbons (Fsp3) is 0.111. The Balaban J connectivity index is 1.80. The lowest BCUT2D eigenvalue weighted by atomic mass is 10.0. The maximum Gasteiger partial charge on any atom is 0.132 e. The molecular formula is C18H16N4. The van der Waals surface area contributed by atoms with Gasteiger partial charge >= 0.3 is 0 Å². The van der Waals surface area contributed by atoms with Crippen LogP contribution >= 0.6 is 0 Å². The first kappa shape index (κ1) is 12.8. The predicted octanol–water partition coefficient (Wildman–Crippen LogP) is 3.22. The maximum atomic E-state index is 6.02. The van der Waals surface area contributed by atoms with Crippen LogP contribution in [-0.2, 0) is 6.54 Å². The zero-order chi connectivity index (χ0) is 15.1. The number of hydrogen-bond acceptors (Lipinski definition) is 4. The molecule has 4 nitrogen and oxygen atoms in total. The Morgan fingerprint density at radius 3 is 2.68 bits per heavy atom. The summed E-state index contributed by atoms with van der Waals surface area (Å²) >= 11 is 0. The quantitative estimate of drug-likeness (QED) is 0.805. The Morgan fingerprint density at radius 1 is 1.05 bits per heavy atom. The number of rotatable bonds is 3. The topological polar surface area (TPSA) is 54.5 Å². The number of aliphatic imine (C=N–C) groups is 1. The fourth-order valence-electron chi connectivity index (χ4n) is 3.05. The SMILES string of the molecule is CN(Cc1ccncc1)c1ccc2c3c(cccc13)C(N)=N2. The molecule has 0 saturated carbocycles. The Kier molecular flexibility index (Phi) is 2.82. The van der Waals surface area contributed by atoms with Crippen LogP contribution in [0, 0.1) is 0 Å². The van der Waals surface area contributed by atoms with Crippen molar-refractivity contribution in [1.82, 2.24) is 4.98 Å². The van der Waals surface area contributed by atoms with Gasteiger partial charge in [0.25, 0.3) is 0 Å². The molecular weight excluding hydrogens is 272 g/mol. The molecule has 4 rings (SSSR count). The fourth-order valence-corrected chi connectivity index (χ4v) is 3.05. The Morgan fingerprint density at radius 2 is 1.86 bits per heavy atom. The summed E-state index contributed by atoms with van der Waals surface area (Å²) in [7, 11) is 2.10. The number of pyridine rings is 1. The number of anilines is 1. The molecule has 2 heterocycles. The average Bonchev–Trinajstić information content (AvgIpc) is 2.87. The molecule has 22 heavy (non-hydrogen) atoms. The first-order valence-electron chi connectivity index (χ1n) is 7.24. The maximum absolute atomic E-state index is 6.02. The van der Waals surface area contributed by atoms with Crippen LogP contribution in [0.4, 0.5) is 11.4 Å². The van der Waals surface area contributed by atoms with Crippen molar-refractivity contribution < 1.29 is 0 Å². The van der Waals surface area contributed by atoms with E-state index in [1.165, 1.54) is 16.6 Å². The minimum absolute atomic E-state index is 0.606. The molecule has 1 aliphatic heterocycles. The minimum atomic E-state index is 0.606. The highest BCUT2D eigenvalue weighted by Crippen LogP contribution is 2.39. The Labute approximate surface area is 128 Å². The molecule has 0 aliphatic carbocycles. The molecule has 0 saturated heterocycles. The largest absolute Gasteiger partial charge is 0.383 e. The van der Waals surface area contributed by atoms with Crippen molar-refractivity contribution in [1.29, 1.82) is 0 Å². The molecule has 1 aliphatic rings. The number of nitrogens with two attached hydrogens (primary N) is 1. The summed E-state index contributed by atoms with van der Waals surface area (Å²) in [6, 6.07) is 14.4. The number of hydrogen-bond donors (Lipinski definition) is 1. The van der Waals surface area contributed by atoms with Gasteiger partial charge in [0.05, 0.1) is 5.69 Å². The lowest BCUT2D eigenvalue weighted by Gasteiger charge is -2.21. The molecule has 0 fully saturated rings. The summed E-state index contributed by atoms with van der Waals surface area (Å²) in [5.74, 6) is 0.606. The van der Waals surface area contributed by atoms with Gasteiger partial charge in [-0.1, -0.05) is 18.2 Å². The Hall–Kier alpha value is -2.88. The third-order valence-corrected chi connectivity index (χ3v) is 4.09. The molecule has 108 valence electrons. The summed E-state index contributed by atoms with van der Waals surface area (Å²) in [6.45, 7) is 0.831. The second-order valence-corrected chi connectivity index (χ2v) is 5.54. The molecule has 1 aromatic heterocycles. The van der Waals surface area contributed by atoms with Crippen molar-refractivity contribution in [2.75, 3.05) is 11.9 Å². The van der Waals surface area contributed by atoms with Gasteiger partial charge in [-0.05, 0) is 29.8 Å². The van der Waals surface area contributed by atoms with Crippen molar-refractivity contribution in [3.63, 3.8) is 0 Å². The van der Waals surface area contributed by atoms with E-state index in [0.717, 1.165) is 23.2 Å². The minimum Gasteiger partial charge on any atom is -0.383 e. The Bertz CT molecular complexity index is 884. The zero-order valence-electron chi connectivity index (χ0n) is 12.3. The summed E-state index contributed by atoms with van der Waals surface area (Å²) < 4.78 is 0. The van der Waals surface area contributed by atoms with Crippen molar-refractivity contribution in [3.8, 4) is 0 Å². The lowest BCUT2D eigenvalue weighted by molar-refractivity contribution is 0.924. The molecule has 0 bridgehead atoms. The number of aromatic nitrogens is 1. The molecule has 0 spiro atoms. The number of amidine groups is 1. The van der Waals surface area contributed by atoms with Gasteiger partial charge in [-0.25, -0.2) is 4.99 Å². The normalized spacial score (nSPS) is 12.5. The van der Waals surface area contributed by atoms with E-state index in [2.05, 4.69) is 34.1 Å². The monoisotopic (exact) mass is 288 g/mol. The smallest absolute Gasteiger partial charge is 0.132 e. The number of benzene rings is 2. The van der Waals surface area contributed by atoms with E-state index in [9.17, 15) is 0 Å². The van der Waals surface area contributed by atoms with Crippen LogP contribution in [0.3, 0.4) is 0 Å². The third-order valence-electron chi connectivity index (χ3n) is 4.09. The predicted molar refractivity (Wildman–Crippen MR) is 90.7 cm³/mol. The molecule has 3 aromatic rings. The van der Waals surface area contributed by atoms with E-state index in [-0.39, 0.29) is 0 Å². The van der Waals surface area contributed by atoms with Gasteiger partial charge in [-0.2, -0.15) is 0 Å². The van der Waals surface area contributed by atoms with E-state index in [0.29, 0.717) is 5.84 Å². The van der Waals surface area contributed by atoms with E-state index >= 15 is 0 Å². The van der Waals surface area contributed by atoms with Crippen molar-refractivity contribution in [2.45, 2.75) is 6.54 Å². The van der Waals surface area contributed by atoms with Gasteiger partial charge in [0.15, 0.2) is 0 Å². The third kappa shape index (κ3) is 1.92. The molecule has 2 N–H and O–H groups in total. The molecule has 4 heteroatoms. The summed E-state index contributed by atoms with van der Waals surface area (Å²) in [5, 5.41) is 2.34. The molecule has 2 aromatic carbocycles. The van der Waals surface area contributed by atoms with Crippen molar-refractivity contribution in [3.05, 3.63) is 66.0 Å². The van der Waals surface area contributed by atoms with E-state index in [1.807, 2.05) is 42.7 Å². The van der Waals surface area contributed by atoms with Gasteiger partial charge in [-0.15, -0.1) is 0 Å². The standard InChI is InChI=1S/C18H16N4/c1-22(11-12-7-9-20-10-8-12)16-6-5-15-17-13(16)3-2-4-14(17)18(19)21-15/h2-10H,11H2,1H3,(H2,19,21). The van der Waals surface area contributed by atoms with Crippen LogP contribution < -0.4 is 10.6 Å². The second-order valence-electron chi connectivity index (χ2n) is 5.54. The van der Waals surface area contributed by atoms with Crippen molar-refractivity contribution in [2.24, 2.45) is 10.7 Å². The summed E-state index contributed by atoms with van der Waals surface area (Å²) in [4.78, 5) is 10.8. The van der Waals surface area contributed by atoms with E-state index in [1.54, 1.807) is 0 Å². The summed E-state index contributed by atoms with van der Waals surface area (Å²) in [6.07, 6.45) is 3.65. The first-order valence-corrected chi connectivity index (χ1v) is 7.24. The first-order chi connectivity index (χ1) is 10.7.